The Bertz CT molecular complexity index is 3120. The van der Waals surface area contributed by atoms with Gasteiger partial charge in [0.15, 0.2) is 0 Å². The number of halogens is 3. The molecule has 1 aliphatic carbocycles. The summed E-state index contributed by atoms with van der Waals surface area (Å²) in [4.78, 5) is 43.0. The monoisotopic (exact) mass is 958 g/mol. The van der Waals surface area contributed by atoms with E-state index in [9.17, 15) is 9.59 Å². The number of benzene rings is 4. The van der Waals surface area contributed by atoms with Crippen LogP contribution in [0.4, 0.5) is 11.4 Å². The van der Waals surface area contributed by atoms with Crippen molar-refractivity contribution in [1.29, 1.82) is 0 Å². The Labute approximate surface area is 398 Å². The Morgan fingerprint density at radius 2 is 1.08 bits per heavy atom. The maximum absolute atomic E-state index is 13.7. The molecule has 0 radical (unpaired) electrons. The predicted molar refractivity (Wildman–Crippen MR) is 262 cm³/mol. The highest BCUT2D eigenvalue weighted by Gasteiger charge is 2.29. The molecule has 8 aromatic rings. The molecule has 1 saturated carbocycles. The third kappa shape index (κ3) is 9.21. The van der Waals surface area contributed by atoms with Crippen molar-refractivity contribution in [2.75, 3.05) is 22.9 Å². The van der Waals surface area contributed by atoms with E-state index in [1.807, 2.05) is 48.5 Å². The molecule has 0 unspecified atom stereocenters. The van der Waals surface area contributed by atoms with Gasteiger partial charge >= 0.3 is 5.56 Å². The first kappa shape index (κ1) is 43.1. The third-order valence-electron chi connectivity index (χ3n) is 11.7. The van der Waals surface area contributed by atoms with Crippen molar-refractivity contribution in [3.63, 3.8) is 0 Å². The lowest BCUT2D eigenvalue weighted by atomic mass is 10.1. The van der Waals surface area contributed by atoms with Gasteiger partial charge in [0.05, 0.1) is 60.0 Å². The Balaban J connectivity index is 0.000000155. The third-order valence-corrected chi connectivity index (χ3v) is 14.8. The largest absolute Gasteiger partial charge is 0.483 e. The molecule has 0 saturated heterocycles. The first-order valence-corrected chi connectivity index (χ1v) is 24.2. The molecule has 2 aliphatic heterocycles. The molecule has 11 nitrogen and oxygen atoms in total. The van der Waals surface area contributed by atoms with Crippen molar-refractivity contribution >= 4 is 68.9 Å². The van der Waals surface area contributed by atoms with Gasteiger partial charge in [0.25, 0.3) is 5.56 Å². The average molecular weight is 960 g/mol. The number of rotatable bonds is 8. The van der Waals surface area contributed by atoms with Gasteiger partial charge in [0.2, 0.25) is 5.75 Å². The van der Waals surface area contributed by atoms with Gasteiger partial charge in [-0.25, -0.2) is 9.97 Å². The van der Waals surface area contributed by atoms with Crippen LogP contribution in [0.3, 0.4) is 0 Å². The summed E-state index contributed by atoms with van der Waals surface area (Å²) in [7, 11) is 0. The summed E-state index contributed by atoms with van der Waals surface area (Å²) in [5.74, 6) is 0.378. The number of aromatic nitrogens is 6. The zero-order chi connectivity index (χ0) is 44.4. The van der Waals surface area contributed by atoms with Crippen LogP contribution >= 0.6 is 57.5 Å². The molecule has 16 heteroatoms. The molecule has 1 fully saturated rings. The molecule has 0 atom stereocenters. The van der Waals surface area contributed by atoms with Crippen molar-refractivity contribution in [1.82, 2.24) is 29.5 Å². The van der Waals surface area contributed by atoms with Crippen LogP contribution in [-0.2, 0) is 25.9 Å². The Hall–Kier alpha value is -5.83. The van der Waals surface area contributed by atoms with Crippen LogP contribution in [0.25, 0.3) is 32.5 Å². The van der Waals surface area contributed by atoms with Crippen molar-refractivity contribution in [2.24, 2.45) is 0 Å². The van der Waals surface area contributed by atoms with Crippen LogP contribution in [-0.4, -0.2) is 48.7 Å². The lowest BCUT2D eigenvalue weighted by Gasteiger charge is -2.30. The number of fused-ring (bicyclic) bond motifs is 2. The Kier molecular flexibility index (Phi) is 12.6. The van der Waals surface area contributed by atoms with Crippen molar-refractivity contribution in [3.8, 4) is 38.3 Å². The standard InChI is InChI=1S/C27H25ClN4O2S.C22H16Cl2N4OS/c28-19-9-6-10-20(15-19)32-27(33)25(34-21-11-4-5-12-21)23(16-29-32)31-14-13-22-24(17-31)35-26(30-22)18-7-2-1-3-8-18;23-15-7-4-8-16(11-15)28-22(29)20(24)18(12-25-28)27-10-9-17-19(13-27)30-21(26-17)14-5-2-1-3-6-14/h1-3,6-10,15-16,21H,4-5,11-14,17H2;1-8,11-12H,9-10,13H2. The zero-order valence-electron chi connectivity index (χ0n) is 34.9. The van der Waals surface area contributed by atoms with Gasteiger partial charge in [-0.2, -0.15) is 19.6 Å². The first-order valence-electron chi connectivity index (χ1n) is 21.4. The molecular weight excluding hydrogens is 919 g/mol. The lowest BCUT2D eigenvalue weighted by molar-refractivity contribution is 0.206. The molecule has 0 bridgehead atoms. The molecule has 11 rings (SSSR count). The topological polar surface area (TPSA) is 111 Å². The van der Waals surface area contributed by atoms with E-state index in [2.05, 4.69) is 44.3 Å². The maximum atomic E-state index is 13.7. The second-order valence-corrected chi connectivity index (χ2v) is 19.4. The molecule has 0 amide bonds. The van der Waals surface area contributed by atoms with Crippen molar-refractivity contribution in [2.45, 2.75) is 57.7 Å². The maximum Gasteiger partial charge on any atom is 0.316 e. The molecular formula is C49H41Cl3N8O3S2. The summed E-state index contributed by atoms with van der Waals surface area (Å²) in [5.41, 5.74) is 6.49. The number of ether oxygens (including phenoxy) is 1. The number of anilines is 2. The van der Waals surface area contributed by atoms with Crippen LogP contribution in [0.15, 0.2) is 131 Å². The highest BCUT2D eigenvalue weighted by molar-refractivity contribution is 7.15. The summed E-state index contributed by atoms with van der Waals surface area (Å²) < 4.78 is 9.04. The summed E-state index contributed by atoms with van der Waals surface area (Å²) in [6, 6.07) is 34.6. The van der Waals surface area contributed by atoms with Crippen molar-refractivity contribution < 1.29 is 4.74 Å². The van der Waals surface area contributed by atoms with E-state index in [1.165, 1.54) is 19.1 Å². The van der Waals surface area contributed by atoms with E-state index in [1.54, 1.807) is 71.5 Å². The highest BCUT2D eigenvalue weighted by atomic mass is 35.5. The van der Waals surface area contributed by atoms with E-state index < -0.39 is 0 Å². The van der Waals surface area contributed by atoms with Gasteiger partial charge < -0.3 is 14.5 Å². The Morgan fingerprint density at radius 1 is 0.585 bits per heavy atom. The fourth-order valence-corrected chi connectivity index (χ4v) is 11.3. The van der Waals surface area contributed by atoms with Gasteiger partial charge in [-0.1, -0.05) is 108 Å². The SMILES string of the molecule is O=c1c(Cl)c(N2CCc3nc(-c4ccccc4)sc3C2)cnn1-c1cccc(Cl)c1.O=c1c(OC2CCCC2)c(N2CCc3nc(-c4ccccc4)sc3C2)cnn1-c1cccc(Cl)c1. The minimum absolute atomic E-state index is 0.0603. The van der Waals surface area contributed by atoms with E-state index in [-0.39, 0.29) is 22.2 Å². The molecule has 0 N–H and O–H groups in total. The summed E-state index contributed by atoms with van der Waals surface area (Å²) in [5, 5.41) is 12.2. The quantitative estimate of drug-likeness (QED) is 0.147. The second-order valence-electron chi connectivity index (χ2n) is 16.0. The van der Waals surface area contributed by atoms with Crippen molar-refractivity contribution in [3.05, 3.63) is 179 Å². The lowest BCUT2D eigenvalue weighted by Crippen LogP contribution is -2.34. The molecule has 65 heavy (non-hydrogen) atoms. The van der Waals surface area contributed by atoms with Crippen LogP contribution in [0.5, 0.6) is 5.75 Å². The minimum atomic E-state index is -0.364. The van der Waals surface area contributed by atoms with Gasteiger partial charge in [-0.3, -0.25) is 9.59 Å². The van der Waals surface area contributed by atoms with Crippen LogP contribution in [0, 0.1) is 0 Å². The van der Waals surface area contributed by atoms with Gasteiger partial charge in [0, 0.05) is 56.9 Å². The Morgan fingerprint density at radius 3 is 1.60 bits per heavy atom. The zero-order valence-corrected chi connectivity index (χ0v) is 38.8. The number of hydrogen-bond acceptors (Lipinski definition) is 11. The fourth-order valence-electron chi connectivity index (χ4n) is 8.38. The highest BCUT2D eigenvalue weighted by Crippen LogP contribution is 2.37. The van der Waals surface area contributed by atoms with E-state index in [4.69, 9.17) is 49.5 Å². The minimum Gasteiger partial charge on any atom is -0.483 e. The van der Waals surface area contributed by atoms with Crippen LogP contribution in [0.2, 0.25) is 15.1 Å². The normalized spacial score (nSPS) is 14.7. The number of nitrogens with zero attached hydrogens (tertiary/aromatic N) is 8. The van der Waals surface area contributed by atoms with Crippen LogP contribution in [0.1, 0.15) is 46.8 Å². The molecule has 4 aromatic carbocycles. The number of hydrogen-bond donors (Lipinski definition) is 0. The van der Waals surface area contributed by atoms with E-state index in [0.717, 1.165) is 89.8 Å². The first-order chi connectivity index (χ1) is 31.8. The van der Waals surface area contributed by atoms with E-state index >= 15 is 0 Å². The second kappa shape index (κ2) is 18.9. The molecule has 328 valence electrons. The molecule has 0 spiro atoms. The molecule has 4 aromatic heterocycles. The van der Waals surface area contributed by atoms with E-state index in [0.29, 0.717) is 45.9 Å². The van der Waals surface area contributed by atoms with Gasteiger partial charge in [-0.15, -0.1) is 22.7 Å². The molecule has 6 heterocycles. The summed E-state index contributed by atoms with van der Waals surface area (Å²) in [6.07, 6.45) is 9.28. The van der Waals surface area contributed by atoms with Gasteiger partial charge in [-0.05, 0) is 62.1 Å². The number of thiazole rings is 2. The average Bonchev–Trinajstić information content (AvgIpc) is 4.12. The van der Waals surface area contributed by atoms with Gasteiger partial charge in [0.1, 0.15) is 20.7 Å². The predicted octanol–water partition coefficient (Wildman–Crippen LogP) is 11.1. The summed E-state index contributed by atoms with van der Waals surface area (Å²) in [6.45, 7) is 2.83. The van der Waals surface area contributed by atoms with Crippen LogP contribution < -0.4 is 25.7 Å². The fraction of sp³-hybridized carbons (Fsp3) is 0.224. The summed E-state index contributed by atoms with van der Waals surface area (Å²) >= 11 is 22.1. The smallest absolute Gasteiger partial charge is 0.316 e. The molecule has 3 aliphatic rings.